The van der Waals surface area contributed by atoms with Gasteiger partial charge in [0.15, 0.2) is 0 Å². The van der Waals surface area contributed by atoms with Gasteiger partial charge in [-0.3, -0.25) is 0 Å². The largest absolute Gasteiger partial charge is 0.478 e. The second-order valence-corrected chi connectivity index (χ2v) is 4.59. The average Bonchev–Trinajstić information content (AvgIpc) is 2.53. The molecule has 0 spiro atoms. The molecule has 1 N–H and O–H groups in total. The number of carboxylic acids is 1. The molecule has 1 heterocycles. The smallest absolute Gasteiger partial charge is 0.356 e. The number of carbonyl (C=O) groups is 2. The first-order valence-corrected chi connectivity index (χ1v) is 6.41. The first-order chi connectivity index (χ1) is 10.0. The predicted octanol–water partition coefficient (Wildman–Crippen LogP) is 2.72. The van der Waals surface area contributed by atoms with Gasteiger partial charge in [-0.15, -0.1) is 0 Å². The Hall–Kier alpha value is -2.69. The van der Waals surface area contributed by atoms with Crippen molar-refractivity contribution < 1.29 is 19.4 Å². The van der Waals surface area contributed by atoms with Gasteiger partial charge in [0.05, 0.1) is 12.7 Å². The molecule has 0 fully saturated rings. The number of aromatic carboxylic acids is 1. The van der Waals surface area contributed by atoms with Crippen LogP contribution in [0.2, 0.25) is 0 Å². The molecule has 2 aromatic rings. The lowest BCUT2D eigenvalue weighted by Gasteiger charge is -2.12. The molecule has 0 aliphatic carbocycles. The lowest BCUT2D eigenvalue weighted by molar-refractivity contribution is 0.0592. The summed E-state index contributed by atoms with van der Waals surface area (Å²) in [4.78, 5) is 26.6. The number of carbonyl (C=O) groups excluding carboxylic acids is 1. The average molecular weight is 285 g/mol. The molecular weight excluding hydrogens is 270 g/mol. The highest BCUT2D eigenvalue weighted by Crippen LogP contribution is 2.23. The van der Waals surface area contributed by atoms with Crippen LogP contribution in [0.15, 0.2) is 42.5 Å². The number of rotatable bonds is 4. The Morgan fingerprint density at radius 2 is 1.81 bits per heavy atom. The van der Waals surface area contributed by atoms with E-state index in [1.807, 2.05) is 13.0 Å². The van der Waals surface area contributed by atoms with E-state index in [0.29, 0.717) is 0 Å². The highest BCUT2D eigenvalue weighted by atomic mass is 16.5. The molecule has 0 saturated carbocycles. The number of pyridine rings is 1. The minimum absolute atomic E-state index is 0.0579. The normalized spacial score (nSPS) is 11.7. The Kier molecular flexibility index (Phi) is 4.33. The van der Waals surface area contributed by atoms with Gasteiger partial charge in [-0.2, -0.15) is 0 Å². The van der Waals surface area contributed by atoms with E-state index in [1.165, 1.54) is 7.11 Å². The SMILES string of the molecule is COC(=O)c1cccc(C(C)c2ccc(C(=O)O)cc2)n1. The number of carboxylic acid groups (broad SMARTS) is 1. The van der Waals surface area contributed by atoms with Gasteiger partial charge in [-0.1, -0.05) is 25.1 Å². The Balaban J connectivity index is 2.29. The first-order valence-electron chi connectivity index (χ1n) is 6.41. The summed E-state index contributed by atoms with van der Waals surface area (Å²) < 4.78 is 4.65. The number of ether oxygens (including phenoxy) is 1. The third kappa shape index (κ3) is 3.25. The minimum atomic E-state index is -0.958. The maximum Gasteiger partial charge on any atom is 0.356 e. The van der Waals surface area contributed by atoms with Crippen molar-refractivity contribution in [2.24, 2.45) is 0 Å². The number of hydrogen-bond acceptors (Lipinski definition) is 4. The summed E-state index contributed by atoms with van der Waals surface area (Å²) in [5, 5.41) is 8.89. The predicted molar refractivity (Wildman–Crippen MR) is 76.5 cm³/mol. The van der Waals surface area contributed by atoms with Gasteiger partial charge in [0, 0.05) is 11.6 Å². The van der Waals surface area contributed by atoms with Crippen molar-refractivity contribution in [1.29, 1.82) is 0 Å². The molecule has 0 radical (unpaired) electrons. The van der Waals surface area contributed by atoms with Gasteiger partial charge >= 0.3 is 11.9 Å². The molecule has 0 bridgehead atoms. The zero-order valence-electron chi connectivity index (χ0n) is 11.7. The van der Waals surface area contributed by atoms with Crippen LogP contribution in [-0.4, -0.2) is 29.1 Å². The maximum absolute atomic E-state index is 11.5. The molecular formula is C16H15NO4. The molecule has 0 aliphatic rings. The van der Waals surface area contributed by atoms with Crippen LogP contribution < -0.4 is 0 Å². The van der Waals surface area contributed by atoms with Crippen molar-refractivity contribution in [3.8, 4) is 0 Å². The van der Waals surface area contributed by atoms with E-state index in [4.69, 9.17) is 5.11 Å². The fraction of sp³-hybridized carbons (Fsp3) is 0.188. The molecule has 5 heteroatoms. The zero-order valence-corrected chi connectivity index (χ0v) is 11.7. The quantitative estimate of drug-likeness (QED) is 0.874. The van der Waals surface area contributed by atoms with Gasteiger partial charge in [0.2, 0.25) is 0 Å². The summed E-state index contributed by atoms with van der Waals surface area (Å²) in [7, 11) is 1.31. The van der Waals surface area contributed by atoms with E-state index in [2.05, 4.69) is 9.72 Å². The number of esters is 1. The van der Waals surface area contributed by atoms with Crippen molar-refractivity contribution in [3.63, 3.8) is 0 Å². The van der Waals surface area contributed by atoms with Gasteiger partial charge < -0.3 is 9.84 Å². The van der Waals surface area contributed by atoms with Crippen LogP contribution in [0.5, 0.6) is 0 Å². The Bertz CT molecular complexity index is 664. The number of hydrogen-bond donors (Lipinski definition) is 1. The Morgan fingerprint density at radius 1 is 1.14 bits per heavy atom. The molecule has 0 saturated heterocycles. The fourth-order valence-electron chi connectivity index (χ4n) is 2.00. The molecule has 0 aliphatic heterocycles. The first kappa shape index (κ1) is 14.7. The number of nitrogens with zero attached hydrogens (tertiary/aromatic N) is 1. The van der Waals surface area contributed by atoms with E-state index < -0.39 is 11.9 Å². The van der Waals surface area contributed by atoms with E-state index in [9.17, 15) is 9.59 Å². The summed E-state index contributed by atoms with van der Waals surface area (Å²) in [6, 6.07) is 11.8. The number of benzene rings is 1. The highest BCUT2D eigenvalue weighted by Gasteiger charge is 2.14. The number of aromatic nitrogens is 1. The van der Waals surface area contributed by atoms with Crippen LogP contribution in [0.25, 0.3) is 0 Å². The van der Waals surface area contributed by atoms with Crippen molar-refractivity contribution in [1.82, 2.24) is 4.98 Å². The molecule has 108 valence electrons. The minimum Gasteiger partial charge on any atom is -0.478 e. The topological polar surface area (TPSA) is 76.5 Å². The molecule has 1 unspecified atom stereocenters. The summed E-state index contributed by atoms with van der Waals surface area (Å²) >= 11 is 0. The lowest BCUT2D eigenvalue weighted by atomic mass is 9.96. The fourth-order valence-corrected chi connectivity index (χ4v) is 2.00. The standard InChI is InChI=1S/C16H15NO4/c1-10(11-6-8-12(9-7-11)15(18)19)13-4-3-5-14(17-13)16(20)21-2/h3-10H,1-2H3,(H,18,19). The highest BCUT2D eigenvalue weighted by molar-refractivity contribution is 5.87. The lowest BCUT2D eigenvalue weighted by Crippen LogP contribution is -2.08. The maximum atomic E-state index is 11.5. The third-order valence-corrected chi connectivity index (χ3v) is 3.27. The summed E-state index contributed by atoms with van der Waals surface area (Å²) in [6.45, 7) is 1.94. The van der Waals surface area contributed by atoms with Gasteiger partial charge in [-0.25, -0.2) is 14.6 Å². The van der Waals surface area contributed by atoms with Crippen LogP contribution in [0.1, 0.15) is 44.9 Å². The summed E-state index contributed by atoms with van der Waals surface area (Å²) in [5.41, 5.74) is 2.14. The number of methoxy groups -OCH3 is 1. The zero-order chi connectivity index (χ0) is 15.4. The van der Waals surface area contributed by atoms with Gasteiger partial charge in [0.1, 0.15) is 5.69 Å². The van der Waals surface area contributed by atoms with Crippen LogP contribution in [0, 0.1) is 0 Å². The van der Waals surface area contributed by atoms with Gasteiger partial charge in [-0.05, 0) is 29.8 Å². The molecule has 1 aromatic heterocycles. The molecule has 1 atom stereocenters. The molecule has 5 nitrogen and oxygen atoms in total. The van der Waals surface area contributed by atoms with Crippen LogP contribution in [0.4, 0.5) is 0 Å². The van der Waals surface area contributed by atoms with Crippen LogP contribution in [0.3, 0.4) is 0 Å². The van der Waals surface area contributed by atoms with Crippen molar-refractivity contribution in [2.45, 2.75) is 12.8 Å². The van der Waals surface area contributed by atoms with E-state index >= 15 is 0 Å². The second-order valence-electron chi connectivity index (χ2n) is 4.59. The van der Waals surface area contributed by atoms with E-state index in [-0.39, 0.29) is 17.2 Å². The van der Waals surface area contributed by atoms with Crippen molar-refractivity contribution in [3.05, 3.63) is 65.0 Å². The van der Waals surface area contributed by atoms with E-state index in [1.54, 1.807) is 36.4 Å². The molecule has 2 rings (SSSR count). The van der Waals surface area contributed by atoms with Crippen LogP contribution >= 0.6 is 0 Å². The Morgan fingerprint density at radius 3 is 2.38 bits per heavy atom. The summed E-state index contributed by atoms with van der Waals surface area (Å²) in [6.07, 6.45) is 0. The van der Waals surface area contributed by atoms with Gasteiger partial charge in [0.25, 0.3) is 0 Å². The molecule has 21 heavy (non-hydrogen) atoms. The Labute approximate surface area is 122 Å². The van der Waals surface area contributed by atoms with E-state index in [0.717, 1.165) is 11.3 Å². The molecule has 1 aromatic carbocycles. The molecule has 0 amide bonds. The van der Waals surface area contributed by atoms with Crippen LogP contribution in [-0.2, 0) is 4.74 Å². The van der Waals surface area contributed by atoms with Crippen molar-refractivity contribution >= 4 is 11.9 Å². The second kappa shape index (κ2) is 6.17. The summed E-state index contributed by atoms with van der Waals surface area (Å²) in [5.74, 6) is -1.50. The monoisotopic (exact) mass is 285 g/mol. The van der Waals surface area contributed by atoms with Crippen molar-refractivity contribution in [2.75, 3.05) is 7.11 Å². The third-order valence-electron chi connectivity index (χ3n) is 3.27.